The van der Waals surface area contributed by atoms with E-state index < -0.39 is 0 Å². The normalized spacial score (nSPS) is 13.3. The van der Waals surface area contributed by atoms with E-state index in [-0.39, 0.29) is 11.5 Å². The minimum absolute atomic E-state index is 0.00537. The summed E-state index contributed by atoms with van der Waals surface area (Å²) in [5.74, 6) is 0. The van der Waals surface area contributed by atoms with Crippen molar-refractivity contribution in [3.63, 3.8) is 0 Å². The average molecular weight is 253 g/mol. The summed E-state index contributed by atoms with van der Waals surface area (Å²) in [5.41, 5.74) is 11.5. The minimum Gasteiger partial charge on any atom is -0.323 e. The third-order valence-electron chi connectivity index (χ3n) is 4.19. The van der Waals surface area contributed by atoms with E-state index >= 15 is 0 Å². The van der Waals surface area contributed by atoms with Crippen LogP contribution in [0.3, 0.4) is 0 Å². The summed E-state index contributed by atoms with van der Waals surface area (Å²) in [7, 11) is 0. The maximum absolute atomic E-state index is 6.52. The molecule has 0 aliphatic carbocycles. The lowest BCUT2D eigenvalue weighted by Crippen LogP contribution is -2.33. The van der Waals surface area contributed by atoms with Crippen LogP contribution in [0.4, 0.5) is 0 Å². The summed E-state index contributed by atoms with van der Waals surface area (Å²) in [4.78, 5) is 0. The number of hydrogen-bond acceptors (Lipinski definition) is 1. The Kier molecular flexibility index (Phi) is 3.77. The number of benzene rings is 2. The van der Waals surface area contributed by atoms with E-state index in [1.807, 2.05) is 6.07 Å². The fourth-order valence-electron chi connectivity index (χ4n) is 2.42. The van der Waals surface area contributed by atoms with Crippen LogP contribution >= 0.6 is 0 Å². The highest BCUT2D eigenvalue weighted by Crippen LogP contribution is 2.35. The van der Waals surface area contributed by atoms with Crippen LogP contribution in [-0.2, 0) is 5.41 Å². The predicted octanol–water partition coefficient (Wildman–Crippen LogP) is 4.28. The standard InChI is InChI=1S/C18H23N/c1-13-10-11-15(12-14(13)2)17(19)18(3,4)16-8-6-5-7-9-16/h5-12,17H,19H2,1-4H3. The first-order valence-electron chi connectivity index (χ1n) is 6.81. The highest BCUT2D eigenvalue weighted by Gasteiger charge is 2.29. The van der Waals surface area contributed by atoms with Crippen LogP contribution < -0.4 is 5.73 Å². The molecule has 2 N–H and O–H groups in total. The van der Waals surface area contributed by atoms with Crippen molar-refractivity contribution in [2.45, 2.75) is 39.2 Å². The van der Waals surface area contributed by atoms with Gasteiger partial charge in [0.1, 0.15) is 0 Å². The molecule has 19 heavy (non-hydrogen) atoms. The second kappa shape index (κ2) is 5.18. The van der Waals surface area contributed by atoms with E-state index in [0.717, 1.165) is 0 Å². The second-order valence-electron chi connectivity index (χ2n) is 5.91. The van der Waals surface area contributed by atoms with Crippen molar-refractivity contribution in [2.75, 3.05) is 0 Å². The Morgan fingerprint density at radius 1 is 0.895 bits per heavy atom. The molecule has 2 aromatic rings. The van der Waals surface area contributed by atoms with Gasteiger partial charge in [-0.1, -0.05) is 62.4 Å². The Morgan fingerprint density at radius 2 is 1.53 bits per heavy atom. The largest absolute Gasteiger partial charge is 0.323 e. The molecular formula is C18H23N. The predicted molar refractivity (Wildman–Crippen MR) is 82.3 cm³/mol. The molecule has 0 amide bonds. The fourth-order valence-corrected chi connectivity index (χ4v) is 2.42. The monoisotopic (exact) mass is 253 g/mol. The van der Waals surface area contributed by atoms with Crippen molar-refractivity contribution < 1.29 is 0 Å². The second-order valence-corrected chi connectivity index (χ2v) is 5.91. The molecule has 0 saturated carbocycles. The van der Waals surface area contributed by atoms with E-state index in [1.54, 1.807) is 0 Å². The van der Waals surface area contributed by atoms with E-state index in [2.05, 4.69) is 70.2 Å². The molecular weight excluding hydrogens is 230 g/mol. The zero-order valence-corrected chi connectivity index (χ0v) is 12.3. The van der Waals surface area contributed by atoms with Crippen LogP contribution in [-0.4, -0.2) is 0 Å². The quantitative estimate of drug-likeness (QED) is 0.868. The number of hydrogen-bond donors (Lipinski definition) is 1. The summed E-state index contributed by atoms with van der Waals surface area (Å²) < 4.78 is 0. The molecule has 2 aromatic carbocycles. The summed E-state index contributed by atoms with van der Waals surface area (Å²) in [6.45, 7) is 8.69. The molecule has 0 aliphatic heterocycles. The maximum atomic E-state index is 6.52. The molecule has 1 heteroatoms. The Balaban J connectivity index is 2.37. The third-order valence-corrected chi connectivity index (χ3v) is 4.19. The summed E-state index contributed by atoms with van der Waals surface area (Å²) in [6, 6.07) is 17.0. The van der Waals surface area contributed by atoms with Crippen LogP contribution in [0.15, 0.2) is 48.5 Å². The van der Waals surface area contributed by atoms with Gasteiger partial charge in [0.05, 0.1) is 0 Å². The van der Waals surface area contributed by atoms with Gasteiger partial charge in [0.15, 0.2) is 0 Å². The van der Waals surface area contributed by atoms with Crippen molar-refractivity contribution in [1.29, 1.82) is 0 Å². The van der Waals surface area contributed by atoms with Gasteiger partial charge < -0.3 is 5.73 Å². The van der Waals surface area contributed by atoms with Crippen LogP contribution in [0.2, 0.25) is 0 Å². The smallest absolute Gasteiger partial charge is 0.0387 e. The van der Waals surface area contributed by atoms with Crippen molar-refractivity contribution in [3.05, 3.63) is 70.8 Å². The van der Waals surface area contributed by atoms with E-state index in [9.17, 15) is 0 Å². The van der Waals surface area contributed by atoms with Gasteiger partial charge in [-0.15, -0.1) is 0 Å². The molecule has 0 radical (unpaired) electrons. The van der Waals surface area contributed by atoms with Crippen LogP contribution in [0, 0.1) is 13.8 Å². The van der Waals surface area contributed by atoms with Gasteiger partial charge in [-0.25, -0.2) is 0 Å². The van der Waals surface area contributed by atoms with Gasteiger partial charge in [-0.05, 0) is 36.1 Å². The van der Waals surface area contributed by atoms with Crippen molar-refractivity contribution in [1.82, 2.24) is 0 Å². The highest BCUT2D eigenvalue weighted by molar-refractivity contribution is 5.36. The van der Waals surface area contributed by atoms with E-state index in [4.69, 9.17) is 5.73 Å². The zero-order chi connectivity index (χ0) is 14.0. The van der Waals surface area contributed by atoms with Gasteiger partial charge in [-0.2, -0.15) is 0 Å². The number of rotatable bonds is 3. The van der Waals surface area contributed by atoms with Crippen LogP contribution in [0.25, 0.3) is 0 Å². The minimum atomic E-state index is -0.0804. The molecule has 1 nitrogen and oxygen atoms in total. The van der Waals surface area contributed by atoms with Gasteiger partial charge in [0.25, 0.3) is 0 Å². The lowest BCUT2D eigenvalue weighted by molar-refractivity contribution is 0.420. The van der Waals surface area contributed by atoms with Gasteiger partial charge in [0, 0.05) is 11.5 Å². The van der Waals surface area contributed by atoms with Crippen LogP contribution in [0.5, 0.6) is 0 Å². The fraction of sp³-hybridized carbons (Fsp3) is 0.333. The highest BCUT2D eigenvalue weighted by atomic mass is 14.7. The first kappa shape index (κ1) is 13.8. The molecule has 0 aromatic heterocycles. The first-order valence-corrected chi connectivity index (χ1v) is 6.81. The molecule has 1 unspecified atom stereocenters. The molecule has 0 aliphatic rings. The first-order chi connectivity index (χ1) is 8.93. The Bertz CT molecular complexity index is 555. The molecule has 1 atom stereocenters. The van der Waals surface area contributed by atoms with Gasteiger partial charge in [-0.3, -0.25) is 0 Å². The summed E-state index contributed by atoms with van der Waals surface area (Å²) in [5, 5.41) is 0. The van der Waals surface area contributed by atoms with Crippen molar-refractivity contribution >= 4 is 0 Å². The maximum Gasteiger partial charge on any atom is 0.0387 e. The SMILES string of the molecule is Cc1ccc(C(N)C(C)(C)c2ccccc2)cc1C. The Labute approximate surface area is 116 Å². The van der Waals surface area contributed by atoms with Gasteiger partial charge in [0.2, 0.25) is 0 Å². The van der Waals surface area contributed by atoms with Crippen molar-refractivity contribution in [3.8, 4) is 0 Å². The molecule has 100 valence electrons. The summed E-state index contributed by atoms with van der Waals surface area (Å²) in [6.07, 6.45) is 0. The molecule has 0 fully saturated rings. The van der Waals surface area contributed by atoms with E-state index in [1.165, 1.54) is 22.3 Å². The molecule has 0 spiro atoms. The zero-order valence-electron chi connectivity index (χ0n) is 12.3. The Morgan fingerprint density at radius 3 is 2.11 bits per heavy atom. The molecule has 2 rings (SSSR count). The Hall–Kier alpha value is -1.60. The number of nitrogens with two attached hydrogens (primary N) is 1. The van der Waals surface area contributed by atoms with Crippen LogP contribution in [0.1, 0.15) is 42.1 Å². The molecule has 0 bridgehead atoms. The average Bonchev–Trinajstić information content (AvgIpc) is 2.42. The lowest BCUT2D eigenvalue weighted by atomic mass is 9.75. The van der Waals surface area contributed by atoms with E-state index in [0.29, 0.717) is 0 Å². The van der Waals surface area contributed by atoms with Crippen molar-refractivity contribution in [2.24, 2.45) is 5.73 Å². The topological polar surface area (TPSA) is 26.0 Å². The number of aryl methyl sites for hydroxylation is 2. The lowest BCUT2D eigenvalue weighted by Gasteiger charge is -2.33. The third kappa shape index (κ3) is 2.71. The molecule has 0 heterocycles. The van der Waals surface area contributed by atoms with Gasteiger partial charge >= 0.3 is 0 Å². The molecule has 0 saturated heterocycles. The summed E-state index contributed by atoms with van der Waals surface area (Å²) >= 11 is 0.